The Morgan fingerprint density at radius 2 is 2.00 bits per heavy atom. The van der Waals surface area contributed by atoms with E-state index in [2.05, 4.69) is 10.1 Å². The van der Waals surface area contributed by atoms with E-state index >= 15 is 0 Å². The Morgan fingerprint density at radius 1 is 1.26 bits per heavy atom. The van der Waals surface area contributed by atoms with Crippen LogP contribution in [0.4, 0.5) is 14.5 Å². The van der Waals surface area contributed by atoms with Gasteiger partial charge in [0, 0.05) is 11.4 Å². The number of carbonyl (C=O) groups excluding carboxylic acids is 2. The van der Waals surface area contributed by atoms with Crippen molar-refractivity contribution in [2.45, 2.75) is 25.9 Å². The Hall–Kier alpha value is -2.67. The lowest BCUT2D eigenvalue weighted by Gasteiger charge is -2.14. The van der Waals surface area contributed by atoms with Gasteiger partial charge in [0.25, 0.3) is 5.91 Å². The predicted molar refractivity (Wildman–Crippen MR) is 96.0 cm³/mol. The molecule has 0 heterocycles. The van der Waals surface area contributed by atoms with Crippen molar-refractivity contribution in [3.8, 4) is 11.5 Å². The van der Waals surface area contributed by atoms with E-state index in [1.165, 1.54) is 24.3 Å². The molecule has 2 aromatic rings. The van der Waals surface area contributed by atoms with E-state index in [0.29, 0.717) is 17.0 Å². The second kappa shape index (κ2) is 7.92. The molecule has 5 nitrogen and oxygen atoms in total. The highest BCUT2D eigenvalue weighted by Crippen LogP contribution is 2.42. The number of para-hydroxylation sites is 2. The van der Waals surface area contributed by atoms with Gasteiger partial charge in [-0.3, -0.25) is 9.59 Å². The van der Waals surface area contributed by atoms with Crippen molar-refractivity contribution in [2.24, 2.45) is 0 Å². The number of fused-ring (bicyclic) bond motifs is 1. The number of alkyl halides is 2. The number of anilines is 1. The summed E-state index contributed by atoms with van der Waals surface area (Å²) in [4.78, 5) is 24.4. The molecule has 1 aliphatic carbocycles. The average Bonchev–Trinajstić information content (AvgIpc) is 2.91. The smallest absolute Gasteiger partial charge is 0.387 e. The van der Waals surface area contributed by atoms with Crippen LogP contribution in [0.3, 0.4) is 0 Å². The van der Waals surface area contributed by atoms with Crippen molar-refractivity contribution in [3.05, 3.63) is 52.5 Å². The molecule has 1 unspecified atom stereocenters. The van der Waals surface area contributed by atoms with Gasteiger partial charge in [-0.25, -0.2) is 0 Å². The van der Waals surface area contributed by atoms with Crippen LogP contribution in [0.5, 0.6) is 11.5 Å². The maximum absolute atomic E-state index is 12.4. The number of halogens is 3. The van der Waals surface area contributed by atoms with E-state index in [1.807, 2.05) is 6.92 Å². The van der Waals surface area contributed by atoms with Crippen molar-refractivity contribution in [3.63, 3.8) is 0 Å². The number of hydrogen-bond donors (Lipinski definition) is 1. The fourth-order valence-electron chi connectivity index (χ4n) is 3.04. The van der Waals surface area contributed by atoms with Crippen LogP contribution in [-0.4, -0.2) is 24.9 Å². The van der Waals surface area contributed by atoms with E-state index in [9.17, 15) is 18.4 Å². The quantitative estimate of drug-likeness (QED) is 0.773. The minimum Gasteiger partial charge on any atom is -0.483 e. The van der Waals surface area contributed by atoms with Crippen LogP contribution < -0.4 is 14.8 Å². The Bertz CT molecular complexity index is 888. The first-order valence-electron chi connectivity index (χ1n) is 8.19. The van der Waals surface area contributed by atoms with E-state index in [0.717, 1.165) is 5.56 Å². The average molecular weight is 396 g/mol. The SMILES string of the molecule is CC1CC(=O)c2c(OCC(=O)Nc3ccccc3OC(F)F)ccc(Cl)c21. The fraction of sp³-hybridized carbons (Fsp3) is 0.263. The highest BCUT2D eigenvalue weighted by atomic mass is 35.5. The number of carbonyl (C=O) groups is 2. The van der Waals surface area contributed by atoms with Gasteiger partial charge < -0.3 is 14.8 Å². The molecule has 0 bridgehead atoms. The summed E-state index contributed by atoms with van der Waals surface area (Å²) in [6.07, 6.45) is 0.333. The van der Waals surface area contributed by atoms with Gasteiger partial charge in [-0.1, -0.05) is 30.7 Å². The minimum absolute atomic E-state index is 0.0178. The van der Waals surface area contributed by atoms with Crippen molar-refractivity contribution in [2.75, 3.05) is 11.9 Å². The molecular weight excluding hydrogens is 380 g/mol. The van der Waals surface area contributed by atoms with E-state index < -0.39 is 19.1 Å². The topological polar surface area (TPSA) is 64.6 Å². The lowest BCUT2D eigenvalue weighted by molar-refractivity contribution is -0.118. The second-order valence-corrected chi connectivity index (χ2v) is 6.48. The molecule has 1 N–H and O–H groups in total. The molecule has 2 aromatic carbocycles. The van der Waals surface area contributed by atoms with Crippen molar-refractivity contribution < 1.29 is 27.8 Å². The lowest BCUT2D eigenvalue weighted by atomic mass is 10.0. The third-order valence-electron chi connectivity index (χ3n) is 4.15. The Balaban J connectivity index is 1.71. The lowest BCUT2D eigenvalue weighted by Crippen LogP contribution is -2.21. The van der Waals surface area contributed by atoms with Crippen LogP contribution in [0.1, 0.15) is 35.2 Å². The van der Waals surface area contributed by atoms with Gasteiger partial charge in [0.2, 0.25) is 0 Å². The Kier molecular flexibility index (Phi) is 5.60. The van der Waals surface area contributed by atoms with Gasteiger partial charge >= 0.3 is 6.61 Å². The van der Waals surface area contributed by atoms with E-state index in [-0.39, 0.29) is 28.9 Å². The highest BCUT2D eigenvalue weighted by Gasteiger charge is 2.32. The zero-order valence-electron chi connectivity index (χ0n) is 14.3. The molecule has 1 atom stereocenters. The number of amides is 1. The molecule has 27 heavy (non-hydrogen) atoms. The molecule has 0 aliphatic heterocycles. The number of nitrogens with one attached hydrogen (secondary N) is 1. The standard InChI is InChI=1S/C19H16ClF2NO4/c1-10-8-13(24)18-15(7-6-11(20)17(10)18)26-9-16(25)23-12-4-2-3-5-14(12)27-19(21)22/h2-7,10,19H,8-9H2,1H3,(H,23,25). The summed E-state index contributed by atoms with van der Waals surface area (Å²) in [5.74, 6) is -0.572. The molecule has 142 valence electrons. The van der Waals surface area contributed by atoms with Gasteiger partial charge in [-0.2, -0.15) is 8.78 Å². The monoisotopic (exact) mass is 395 g/mol. The molecule has 0 fully saturated rings. The van der Waals surface area contributed by atoms with Crippen LogP contribution in [0.15, 0.2) is 36.4 Å². The van der Waals surface area contributed by atoms with E-state index in [1.54, 1.807) is 12.1 Å². The molecule has 1 amide bonds. The first-order valence-corrected chi connectivity index (χ1v) is 8.56. The number of ether oxygens (including phenoxy) is 2. The molecule has 8 heteroatoms. The van der Waals surface area contributed by atoms with Gasteiger partial charge in [0.15, 0.2) is 12.4 Å². The summed E-state index contributed by atoms with van der Waals surface area (Å²) in [6.45, 7) is -1.52. The van der Waals surface area contributed by atoms with Gasteiger partial charge in [-0.15, -0.1) is 0 Å². The third kappa shape index (κ3) is 4.19. The van der Waals surface area contributed by atoms with Crippen molar-refractivity contribution >= 4 is 29.0 Å². The van der Waals surface area contributed by atoms with Crippen LogP contribution in [0.2, 0.25) is 5.02 Å². The highest BCUT2D eigenvalue weighted by molar-refractivity contribution is 6.32. The molecule has 0 spiro atoms. The maximum atomic E-state index is 12.4. The van der Waals surface area contributed by atoms with Crippen LogP contribution in [0, 0.1) is 0 Å². The molecular formula is C19H16ClF2NO4. The van der Waals surface area contributed by atoms with Crippen LogP contribution in [-0.2, 0) is 4.79 Å². The molecule has 1 aliphatic rings. The first kappa shape index (κ1) is 19.1. The minimum atomic E-state index is -3.01. The maximum Gasteiger partial charge on any atom is 0.387 e. The summed E-state index contributed by atoms with van der Waals surface area (Å²) >= 11 is 6.17. The zero-order valence-corrected chi connectivity index (χ0v) is 15.1. The van der Waals surface area contributed by atoms with Crippen molar-refractivity contribution in [1.82, 2.24) is 0 Å². The molecule has 0 aromatic heterocycles. The van der Waals surface area contributed by atoms with Gasteiger partial charge in [0.05, 0.1) is 11.3 Å². The summed E-state index contributed by atoms with van der Waals surface area (Å²) in [5, 5.41) is 2.94. The zero-order chi connectivity index (χ0) is 19.6. The van der Waals surface area contributed by atoms with Gasteiger partial charge in [0.1, 0.15) is 11.5 Å². The number of rotatable bonds is 6. The third-order valence-corrected chi connectivity index (χ3v) is 4.48. The fourth-order valence-corrected chi connectivity index (χ4v) is 3.39. The number of ketones is 1. The second-order valence-electron chi connectivity index (χ2n) is 6.07. The number of benzene rings is 2. The van der Waals surface area contributed by atoms with Crippen LogP contribution >= 0.6 is 11.6 Å². The van der Waals surface area contributed by atoms with Gasteiger partial charge in [-0.05, 0) is 35.7 Å². The number of Topliss-reactive ketones (excluding diaryl/α,β-unsaturated/α-hetero) is 1. The summed E-state index contributed by atoms with van der Waals surface area (Å²) in [5.41, 5.74) is 1.21. The number of hydrogen-bond acceptors (Lipinski definition) is 4. The largest absolute Gasteiger partial charge is 0.483 e. The normalized spacial score (nSPS) is 15.6. The van der Waals surface area contributed by atoms with Crippen molar-refractivity contribution in [1.29, 1.82) is 0 Å². The summed E-state index contributed by atoms with van der Waals surface area (Å²) in [6, 6.07) is 8.98. The van der Waals surface area contributed by atoms with Crippen LogP contribution in [0.25, 0.3) is 0 Å². The Morgan fingerprint density at radius 3 is 2.74 bits per heavy atom. The predicted octanol–water partition coefficient (Wildman–Crippen LogP) is 4.65. The Labute approximate surface area is 159 Å². The summed E-state index contributed by atoms with van der Waals surface area (Å²) in [7, 11) is 0. The molecule has 0 saturated heterocycles. The molecule has 0 radical (unpaired) electrons. The molecule has 0 saturated carbocycles. The summed E-state index contributed by atoms with van der Waals surface area (Å²) < 4.78 is 34.7. The molecule has 3 rings (SSSR count). The first-order chi connectivity index (χ1) is 12.9. The van der Waals surface area contributed by atoms with E-state index in [4.69, 9.17) is 16.3 Å².